The highest BCUT2D eigenvalue weighted by atomic mass is 32.2. The Morgan fingerprint density at radius 2 is 2.05 bits per heavy atom. The number of nitrogens with zero attached hydrogens (tertiary/aromatic N) is 1. The van der Waals surface area contributed by atoms with Crippen molar-refractivity contribution < 1.29 is 8.42 Å². The fraction of sp³-hybridized carbons (Fsp3) is 0.600. The van der Waals surface area contributed by atoms with Gasteiger partial charge >= 0.3 is 0 Å². The van der Waals surface area contributed by atoms with E-state index in [1.807, 2.05) is 6.07 Å². The molecule has 5 heteroatoms. The Kier molecular flexibility index (Phi) is 5.57. The minimum atomic E-state index is -2.88. The summed E-state index contributed by atoms with van der Waals surface area (Å²) in [7, 11) is -2.88. The van der Waals surface area contributed by atoms with Crippen LogP contribution in [0, 0.1) is 0 Å². The van der Waals surface area contributed by atoms with Crippen LogP contribution >= 0.6 is 0 Å². The maximum Gasteiger partial charge on any atom is 0.151 e. The van der Waals surface area contributed by atoms with Crippen LogP contribution in [0.3, 0.4) is 0 Å². The van der Waals surface area contributed by atoms with E-state index in [1.165, 1.54) is 5.56 Å². The van der Waals surface area contributed by atoms with Crippen molar-refractivity contribution in [3.8, 4) is 0 Å². The van der Waals surface area contributed by atoms with Crippen molar-refractivity contribution in [2.75, 3.05) is 37.7 Å². The molecule has 4 nitrogen and oxygen atoms in total. The Balaban J connectivity index is 1.95. The molecule has 1 fully saturated rings. The first-order chi connectivity index (χ1) is 9.61. The van der Waals surface area contributed by atoms with E-state index in [-0.39, 0.29) is 11.5 Å². The number of nitrogens with one attached hydrogen (secondary N) is 1. The second kappa shape index (κ2) is 7.20. The predicted octanol–water partition coefficient (Wildman–Crippen LogP) is 0.938. The molecule has 0 radical (unpaired) electrons. The minimum absolute atomic E-state index is 0.239. The van der Waals surface area contributed by atoms with Gasteiger partial charge in [0.2, 0.25) is 0 Å². The highest BCUT2D eigenvalue weighted by Crippen LogP contribution is 2.11. The molecule has 1 saturated heterocycles. The number of sulfone groups is 1. The average molecular weight is 296 g/mol. The third-order valence-corrected chi connectivity index (χ3v) is 5.60. The third kappa shape index (κ3) is 4.58. The van der Waals surface area contributed by atoms with Gasteiger partial charge in [-0.25, -0.2) is 8.42 Å². The van der Waals surface area contributed by atoms with Crippen molar-refractivity contribution in [3.05, 3.63) is 35.9 Å². The Hall–Kier alpha value is -0.910. The first kappa shape index (κ1) is 15.5. The smallest absolute Gasteiger partial charge is 0.151 e. The Labute approximate surface area is 122 Å². The molecule has 0 bridgehead atoms. The molecule has 1 aromatic carbocycles. The monoisotopic (exact) mass is 296 g/mol. The minimum Gasteiger partial charge on any atom is -0.314 e. The molecule has 1 N–H and O–H groups in total. The van der Waals surface area contributed by atoms with Gasteiger partial charge < -0.3 is 5.32 Å². The van der Waals surface area contributed by atoms with Crippen LogP contribution in [0.2, 0.25) is 0 Å². The van der Waals surface area contributed by atoms with E-state index >= 15 is 0 Å². The van der Waals surface area contributed by atoms with E-state index in [0.717, 1.165) is 26.1 Å². The van der Waals surface area contributed by atoms with E-state index in [1.54, 1.807) is 6.92 Å². The van der Waals surface area contributed by atoms with Crippen LogP contribution in [0.25, 0.3) is 0 Å². The van der Waals surface area contributed by atoms with Crippen LogP contribution in [-0.2, 0) is 16.3 Å². The van der Waals surface area contributed by atoms with Crippen molar-refractivity contribution in [1.82, 2.24) is 10.2 Å². The molecule has 1 aromatic rings. The van der Waals surface area contributed by atoms with E-state index < -0.39 is 9.84 Å². The third-order valence-electron chi connectivity index (χ3n) is 3.92. The Morgan fingerprint density at radius 1 is 1.30 bits per heavy atom. The van der Waals surface area contributed by atoms with Gasteiger partial charge in [0.15, 0.2) is 9.84 Å². The van der Waals surface area contributed by atoms with Gasteiger partial charge in [0.05, 0.1) is 5.75 Å². The lowest BCUT2D eigenvalue weighted by molar-refractivity contribution is 0.169. The fourth-order valence-electron chi connectivity index (χ4n) is 2.59. The second-order valence-corrected chi connectivity index (χ2v) is 7.79. The lowest BCUT2D eigenvalue weighted by Gasteiger charge is -2.36. The summed E-state index contributed by atoms with van der Waals surface area (Å²) in [5.41, 5.74) is 1.31. The zero-order valence-electron chi connectivity index (χ0n) is 12.1. The molecule has 2 rings (SSSR count). The maximum atomic E-state index is 11.7. The van der Waals surface area contributed by atoms with Crippen molar-refractivity contribution >= 4 is 9.84 Å². The Bertz CT molecular complexity index is 502. The van der Waals surface area contributed by atoms with Crippen molar-refractivity contribution in [1.29, 1.82) is 0 Å². The quantitative estimate of drug-likeness (QED) is 0.849. The normalized spacial score (nSPS) is 20.9. The zero-order chi connectivity index (χ0) is 14.4. The standard InChI is InChI=1S/C15H24N2O2S/c1-2-20(18,19)11-10-17-9-8-16-13-15(17)12-14-6-4-3-5-7-14/h3-7,15-16H,2,8-13H2,1H3. The molecule has 20 heavy (non-hydrogen) atoms. The number of hydrogen-bond acceptors (Lipinski definition) is 4. The molecule has 0 amide bonds. The summed E-state index contributed by atoms with van der Waals surface area (Å²) < 4.78 is 23.3. The zero-order valence-corrected chi connectivity index (χ0v) is 12.9. The number of piperazine rings is 1. The maximum absolute atomic E-state index is 11.7. The highest BCUT2D eigenvalue weighted by Gasteiger charge is 2.23. The molecule has 0 aliphatic carbocycles. The number of benzene rings is 1. The van der Waals surface area contributed by atoms with Crippen molar-refractivity contribution in [2.45, 2.75) is 19.4 Å². The van der Waals surface area contributed by atoms with Gasteiger partial charge in [-0.2, -0.15) is 0 Å². The van der Waals surface area contributed by atoms with Gasteiger partial charge in [0, 0.05) is 38.0 Å². The second-order valence-electron chi connectivity index (χ2n) is 5.32. The molecule has 0 aromatic heterocycles. The summed E-state index contributed by atoms with van der Waals surface area (Å²) in [6.45, 7) is 5.17. The van der Waals surface area contributed by atoms with Crippen molar-refractivity contribution in [2.24, 2.45) is 0 Å². The SMILES string of the molecule is CCS(=O)(=O)CCN1CCNCC1Cc1ccccc1. The van der Waals surface area contributed by atoms with Crippen LogP contribution in [-0.4, -0.2) is 57.0 Å². The molecule has 112 valence electrons. The molecular weight excluding hydrogens is 272 g/mol. The first-order valence-electron chi connectivity index (χ1n) is 7.30. The lowest BCUT2D eigenvalue weighted by atomic mass is 10.0. The van der Waals surface area contributed by atoms with Crippen LogP contribution in [0.5, 0.6) is 0 Å². The van der Waals surface area contributed by atoms with E-state index in [4.69, 9.17) is 0 Å². The molecule has 1 unspecified atom stereocenters. The van der Waals surface area contributed by atoms with Gasteiger partial charge in [0.25, 0.3) is 0 Å². The molecule has 1 aliphatic rings. The van der Waals surface area contributed by atoms with Crippen LogP contribution in [0.15, 0.2) is 30.3 Å². The summed E-state index contributed by atoms with van der Waals surface area (Å²) >= 11 is 0. The van der Waals surface area contributed by atoms with Gasteiger partial charge in [-0.3, -0.25) is 4.90 Å². The summed E-state index contributed by atoms with van der Waals surface area (Å²) in [4.78, 5) is 2.32. The summed E-state index contributed by atoms with van der Waals surface area (Å²) in [5, 5.41) is 3.41. The molecule has 0 saturated carbocycles. The molecule has 1 heterocycles. The number of hydrogen-bond donors (Lipinski definition) is 1. The molecule has 1 atom stereocenters. The predicted molar refractivity (Wildman–Crippen MR) is 82.7 cm³/mol. The molecule has 1 aliphatic heterocycles. The summed E-state index contributed by atoms with van der Waals surface area (Å²) in [6, 6.07) is 10.8. The van der Waals surface area contributed by atoms with E-state index in [9.17, 15) is 8.42 Å². The van der Waals surface area contributed by atoms with Gasteiger partial charge in [-0.05, 0) is 12.0 Å². The van der Waals surface area contributed by atoms with Crippen LogP contribution in [0.1, 0.15) is 12.5 Å². The van der Waals surface area contributed by atoms with Gasteiger partial charge in [-0.15, -0.1) is 0 Å². The number of rotatable bonds is 6. The van der Waals surface area contributed by atoms with Gasteiger partial charge in [0.1, 0.15) is 0 Å². The van der Waals surface area contributed by atoms with Crippen LogP contribution < -0.4 is 5.32 Å². The first-order valence-corrected chi connectivity index (χ1v) is 9.12. The highest BCUT2D eigenvalue weighted by molar-refractivity contribution is 7.91. The molecule has 0 spiro atoms. The van der Waals surface area contributed by atoms with Gasteiger partial charge in [-0.1, -0.05) is 37.3 Å². The topological polar surface area (TPSA) is 49.4 Å². The molecular formula is C15H24N2O2S. The van der Waals surface area contributed by atoms with E-state index in [2.05, 4.69) is 34.5 Å². The fourth-order valence-corrected chi connectivity index (χ4v) is 3.39. The summed E-state index contributed by atoms with van der Waals surface area (Å²) in [5.74, 6) is 0.511. The summed E-state index contributed by atoms with van der Waals surface area (Å²) in [6.07, 6.45) is 0.972. The Morgan fingerprint density at radius 3 is 2.75 bits per heavy atom. The average Bonchev–Trinajstić information content (AvgIpc) is 2.47. The van der Waals surface area contributed by atoms with Crippen LogP contribution in [0.4, 0.5) is 0 Å². The lowest BCUT2D eigenvalue weighted by Crippen LogP contribution is -2.53. The van der Waals surface area contributed by atoms with E-state index in [0.29, 0.717) is 12.6 Å². The van der Waals surface area contributed by atoms with Crippen molar-refractivity contribution in [3.63, 3.8) is 0 Å². The largest absolute Gasteiger partial charge is 0.314 e.